The van der Waals surface area contributed by atoms with Crippen molar-refractivity contribution in [2.24, 2.45) is 5.73 Å². The Morgan fingerprint density at radius 2 is 2.14 bits per heavy atom. The summed E-state index contributed by atoms with van der Waals surface area (Å²) < 4.78 is 11.0. The number of nitrogens with zero attached hydrogens (tertiary/aromatic N) is 2. The minimum atomic E-state index is -0.674. The van der Waals surface area contributed by atoms with Crippen LogP contribution in [0.5, 0.6) is 0 Å². The Morgan fingerprint density at radius 3 is 2.77 bits per heavy atom. The minimum Gasteiger partial charge on any atom is -0.421 e. The first-order valence-corrected chi connectivity index (χ1v) is 7.25. The molecule has 1 aromatic carbocycles. The van der Waals surface area contributed by atoms with Crippen LogP contribution in [-0.2, 0) is 11.2 Å². The Bertz CT molecular complexity index is 708. The molecule has 6 heteroatoms. The third-order valence-electron chi connectivity index (χ3n) is 2.73. The van der Waals surface area contributed by atoms with Crippen LogP contribution in [0.2, 0.25) is 5.02 Å². The van der Waals surface area contributed by atoms with Crippen molar-refractivity contribution in [2.45, 2.75) is 32.9 Å². The maximum Gasteiger partial charge on any atom is 0.247 e. The number of aromatic nitrogens is 2. The molecule has 0 saturated carbocycles. The first-order valence-electron chi connectivity index (χ1n) is 6.87. The molecule has 0 amide bonds. The van der Waals surface area contributed by atoms with Gasteiger partial charge in [0.1, 0.15) is 5.72 Å². The molecule has 2 aromatic rings. The van der Waals surface area contributed by atoms with Gasteiger partial charge < -0.3 is 14.9 Å². The van der Waals surface area contributed by atoms with Crippen LogP contribution >= 0.6 is 11.6 Å². The molecule has 0 radical (unpaired) electrons. The van der Waals surface area contributed by atoms with Crippen molar-refractivity contribution in [3.05, 3.63) is 34.7 Å². The lowest BCUT2D eigenvalue weighted by atomic mass is 10.1. The average molecular weight is 320 g/mol. The second kappa shape index (κ2) is 6.93. The van der Waals surface area contributed by atoms with Crippen molar-refractivity contribution < 1.29 is 9.15 Å². The highest BCUT2D eigenvalue weighted by Crippen LogP contribution is 2.24. The fraction of sp³-hybridized carbons (Fsp3) is 0.375. The van der Waals surface area contributed by atoms with Gasteiger partial charge in [-0.05, 0) is 39.0 Å². The first-order chi connectivity index (χ1) is 10.4. The molecule has 116 valence electrons. The largest absolute Gasteiger partial charge is 0.421 e. The molecule has 0 saturated heterocycles. The molecule has 0 fully saturated rings. The van der Waals surface area contributed by atoms with E-state index in [1.165, 1.54) is 0 Å². The first kappa shape index (κ1) is 16.5. The third-order valence-corrected chi connectivity index (χ3v) is 3.05. The van der Waals surface area contributed by atoms with Gasteiger partial charge in [-0.3, -0.25) is 0 Å². The van der Waals surface area contributed by atoms with E-state index in [0.717, 1.165) is 11.1 Å². The van der Waals surface area contributed by atoms with Gasteiger partial charge in [-0.15, -0.1) is 16.1 Å². The molecule has 2 N–H and O–H groups in total. The van der Waals surface area contributed by atoms with Gasteiger partial charge >= 0.3 is 0 Å². The van der Waals surface area contributed by atoms with E-state index < -0.39 is 5.72 Å². The monoisotopic (exact) mass is 319 g/mol. The van der Waals surface area contributed by atoms with Gasteiger partial charge in [-0.25, -0.2) is 0 Å². The van der Waals surface area contributed by atoms with E-state index in [4.69, 9.17) is 26.5 Å². The predicted octanol–water partition coefficient (Wildman–Crippen LogP) is 3.02. The zero-order valence-electron chi connectivity index (χ0n) is 12.8. The minimum absolute atomic E-state index is 0.414. The number of hydrogen-bond acceptors (Lipinski definition) is 5. The SMILES string of the molecule is CC#Cc1ccc(-c2nnc(CCOC(C)(C)N)o2)cc1Cl. The molecule has 0 aliphatic heterocycles. The summed E-state index contributed by atoms with van der Waals surface area (Å²) in [6.07, 6.45) is 0.501. The summed E-state index contributed by atoms with van der Waals surface area (Å²) in [4.78, 5) is 0. The molecule has 0 aliphatic rings. The fourth-order valence-electron chi connectivity index (χ4n) is 1.76. The number of rotatable bonds is 5. The molecule has 22 heavy (non-hydrogen) atoms. The van der Waals surface area contributed by atoms with E-state index in [1.54, 1.807) is 26.8 Å². The smallest absolute Gasteiger partial charge is 0.247 e. The molecule has 0 spiro atoms. The standard InChI is InChI=1S/C16H18ClN3O2/c1-4-5-11-6-7-12(10-13(11)17)15-20-19-14(22-15)8-9-21-16(2,3)18/h6-7,10H,8-9,18H2,1-3H3. The lowest BCUT2D eigenvalue weighted by Crippen LogP contribution is -2.35. The highest BCUT2D eigenvalue weighted by atomic mass is 35.5. The van der Waals surface area contributed by atoms with E-state index in [9.17, 15) is 0 Å². The van der Waals surface area contributed by atoms with Crippen LogP contribution in [0.1, 0.15) is 32.2 Å². The van der Waals surface area contributed by atoms with Gasteiger partial charge in [0.25, 0.3) is 0 Å². The molecule has 0 aliphatic carbocycles. The number of hydrogen-bond donors (Lipinski definition) is 1. The third kappa shape index (κ3) is 4.57. The van der Waals surface area contributed by atoms with Crippen LogP contribution in [0.25, 0.3) is 11.5 Å². The molecule has 0 unspecified atom stereocenters. The lowest BCUT2D eigenvalue weighted by molar-refractivity contribution is -0.0124. The van der Waals surface area contributed by atoms with Crippen LogP contribution in [0.15, 0.2) is 22.6 Å². The Kier molecular flexibility index (Phi) is 5.19. The highest BCUT2D eigenvalue weighted by Gasteiger charge is 2.13. The van der Waals surface area contributed by atoms with Crippen LogP contribution < -0.4 is 5.73 Å². The summed E-state index contributed by atoms with van der Waals surface area (Å²) in [5.74, 6) is 6.65. The number of halogens is 1. The summed E-state index contributed by atoms with van der Waals surface area (Å²) in [5, 5.41) is 8.57. The quantitative estimate of drug-likeness (QED) is 0.677. The molecule has 0 bridgehead atoms. The van der Waals surface area contributed by atoms with Crippen molar-refractivity contribution in [3.63, 3.8) is 0 Å². The summed E-state index contributed by atoms with van der Waals surface area (Å²) in [5.41, 5.74) is 6.59. The van der Waals surface area contributed by atoms with Crippen molar-refractivity contribution in [1.29, 1.82) is 0 Å². The molecule has 2 rings (SSSR count). The maximum absolute atomic E-state index is 6.17. The molecule has 5 nitrogen and oxygen atoms in total. The molecule has 1 aromatic heterocycles. The summed E-state index contributed by atoms with van der Waals surface area (Å²) in [7, 11) is 0. The van der Waals surface area contributed by atoms with E-state index in [-0.39, 0.29) is 0 Å². The zero-order chi connectivity index (χ0) is 16.2. The van der Waals surface area contributed by atoms with Gasteiger partial charge in [0, 0.05) is 17.5 Å². The van der Waals surface area contributed by atoms with Crippen LogP contribution in [0.3, 0.4) is 0 Å². The molecular formula is C16H18ClN3O2. The van der Waals surface area contributed by atoms with Gasteiger partial charge in [-0.2, -0.15) is 0 Å². The Balaban J connectivity index is 2.07. The van der Waals surface area contributed by atoms with Gasteiger partial charge in [0.15, 0.2) is 0 Å². The van der Waals surface area contributed by atoms with Crippen molar-refractivity contribution in [1.82, 2.24) is 10.2 Å². The number of benzene rings is 1. The van der Waals surface area contributed by atoms with Gasteiger partial charge in [0.05, 0.1) is 11.6 Å². The fourth-order valence-corrected chi connectivity index (χ4v) is 1.98. The molecule has 1 heterocycles. The topological polar surface area (TPSA) is 74.2 Å². The van der Waals surface area contributed by atoms with Crippen LogP contribution in [0.4, 0.5) is 0 Å². The van der Waals surface area contributed by atoms with Crippen LogP contribution in [-0.4, -0.2) is 22.5 Å². The lowest BCUT2D eigenvalue weighted by Gasteiger charge is -2.18. The normalized spacial score (nSPS) is 11.1. The van der Waals surface area contributed by atoms with Crippen molar-refractivity contribution in [2.75, 3.05) is 6.61 Å². The van der Waals surface area contributed by atoms with Crippen LogP contribution in [0, 0.1) is 11.8 Å². The Hall–Kier alpha value is -1.87. The average Bonchev–Trinajstić information content (AvgIpc) is 2.88. The maximum atomic E-state index is 6.17. The predicted molar refractivity (Wildman–Crippen MR) is 85.2 cm³/mol. The van der Waals surface area contributed by atoms with Gasteiger partial charge in [0.2, 0.25) is 11.8 Å². The second-order valence-corrected chi connectivity index (χ2v) is 5.68. The zero-order valence-corrected chi connectivity index (χ0v) is 13.6. The molecule has 0 atom stereocenters. The number of ether oxygens (including phenoxy) is 1. The summed E-state index contributed by atoms with van der Waals surface area (Å²) >= 11 is 6.17. The van der Waals surface area contributed by atoms with E-state index in [2.05, 4.69) is 22.0 Å². The molecular weight excluding hydrogens is 302 g/mol. The number of nitrogens with two attached hydrogens (primary N) is 1. The van der Waals surface area contributed by atoms with Crippen molar-refractivity contribution in [3.8, 4) is 23.3 Å². The summed E-state index contributed by atoms with van der Waals surface area (Å²) in [6, 6.07) is 5.44. The highest BCUT2D eigenvalue weighted by molar-refractivity contribution is 6.32. The second-order valence-electron chi connectivity index (χ2n) is 5.27. The summed E-state index contributed by atoms with van der Waals surface area (Å²) in [6.45, 7) is 5.75. The van der Waals surface area contributed by atoms with E-state index in [1.807, 2.05) is 12.1 Å². The van der Waals surface area contributed by atoms with Gasteiger partial charge in [-0.1, -0.05) is 17.5 Å². The van der Waals surface area contributed by atoms with E-state index >= 15 is 0 Å². The Labute approximate surface area is 134 Å². The Morgan fingerprint density at radius 1 is 1.36 bits per heavy atom. The van der Waals surface area contributed by atoms with Crippen molar-refractivity contribution >= 4 is 11.6 Å². The van der Waals surface area contributed by atoms with E-state index in [0.29, 0.717) is 29.8 Å².